The Bertz CT molecular complexity index is 15.1. The van der Waals surface area contributed by atoms with Gasteiger partial charge in [-0.1, -0.05) is 0 Å². The van der Waals surface area contributed by atoms with Crippen LogP contribution in [0.15, 0.2) is 0 Å². The molecule has 0 aromatic heterocycles. The molecule has 34 valence electrons. The molecular weight excluding hydrogens is 192 g/mol. The first-order valence-electron chi connectivity index (χ1n) is 0.383. The van der Waals surface area contributed by atoms with Crippen LogP contribution in [-0.4, -0.2) is 25.4 Å². The molecule has 0 radical (unpaired) electrons. The fraction of sp³-hybridized carbons (Fsp3) is 0. The average Bonchev–Trinajstić information content (AvgIpc) is 0.918. The molecule has 0 bridgehead atoms. The molecule has 0 aromatic rings. The van der Waals surface area contributed by atoms with Crippen LogP contribution in [0.4, 0.5) is 9.41 Å². The third-order valence-corrected chi connectivity index (χ3v) is 0. The Balaban J connectivity index is -0.0000000200. The maximum absolute atomic E-state index is 8.64. The summed E-state index contributed by atoms with van der Waals surface area (Å²) in [5.74, 6) is 0. The first kappa shape index (κ1) is 18.0. The summed E-state index contributed by atoms with van der Waals surface area (Å²) in [6, 6.07) is 0. The molecule has 2 nitrogen and oxygen atoms in total. The topological polar surface area (TPSA) is 37.3 Å². The fourth-order valence-electron chi connectivity index (χ4n) is 0. The van der Waals surface area contributed by atoms with Crippen molar-refractivity contribution in [3.63, 3.8) is 0 Å². The number of rotatable bonds is 0. The second-order valence-corrected chi connectivity index (χ2v) is 0.548. The Morgan fingerprint density at radius 3 is 1.40 bits per heavy atom. The van der Waals surface area contributed by atoms with E-state index in [4.69, 9.17) is 6.40 Å². The van der Waals surface area contributed by atoms with Crippen LogP contribution in [-0.2, 0) is 3.02 Å². The van der Waals surface area contributed by atoms with E-state index in [-0.39, 0.29) is 9.41 Å². The van der Waals surface area contributed by atoms with E-state index in [1.54, 1.807) is 0 Å². The van der Waals surface area contributed by atoms with Crippen molar-refractivity contribution in [2.75, 3.05) is 0 Å². The molecule has 0 saturated heterocycles. The van der Waals surface area contributed by atoms with Gasteiger partial charge in [-0.2, -0.15) is 0 Å². The molecule has 0 aliphatic carbocycles. The van der Waals surface area contributed by atoms with Crippen molar-refractivity contribution in [2.45, 2.75) is 0 Å². The van der Waals surface area contributed by atoms with Crippen molar-refractivity contribution in [3.8, 4) is 0 Å². The van der Waals surface area contributed by atoms with E-state index >= 15 is 0 Å². The summed E-state index contributed by atoms with van der Waals surface area (Å²) in [5.41, 5.74) is 0. The predicted octanol–water partition coefficient (Wildman–Crippen LogP) is -0.752. The number of hydrogen-bond acceptors (Lipinski definition) is 1. The van der Waals surface area contributed by atoms with Crippen LogP contribution in [0, 0.1) is 0 Å². The molecule has 0 atom stereocenters. The third kappa shape index (κ3) is 137. The molecule has 0 fully saturated rings. The maximum atomic E-state index is 8.64. The molecule has 0 aliphatic heterocycles. The van der Waals surface area contributed by atoms with Gasteiger partial charge in [0.25, 0.3) is 0 Å². The van der Waals surface area contributed by atoms with Crippen LogP contribution < -0.4 is 0 Å². The Morgan fingerprint density at radius 2 is 1.40 bits per heavy atom. The molecule has 0 saturated carbocycles. The van der Waals surface area contributed by atoms with Gasteiger partial charge in [-0.3, -0.25) is 9.41 Å². The average molecular weight is 195 g/mol. The van der Waals surface area contributed by atoms with Crippen LogP contribution in [0.2, 0.25) is 0 Å². The normalized spacial score (nSPS) is 2.60. The summed E-state index contributed by atoms with van der Waals surface area (Å²) >= 11 is -1.90. The standard InChI is InChI=1S/2FH.H2O.O.Sb/h2*1H;1H2;;/q;;;;+1/p-1. The van der Waals surface area contributed by atoms with Gasteiger partial charge < -0.3 is 0 Å². The van der Waals surface area contributed by atoms with E-state index in [2.05, 4.69) is 0 Å². The summed E-state index contributed by atoms with van der Waals surface area (Å²) in [7, 11) is 0. The Morgan fingerprint density at radius 1 is 1.40 bits per heavy atom. The van der Waals surface area contributed by atoms with Gasteiger partial charge in [-0.25, -0.2) is 0 Å². The molecule has 0 heterocycles. The van der Waals surface area contributed by atoms with Crippen LogP contribution in [0.25, 0.3) is 0 Å². The summed E-state index contributed by atoms with van der Waals surface area (Å²) < 4.78 is 15.8. The summed E-state index contributed by atoms with van der Waals surface area (Å²) in [4.78, 5) is 0. The molecule has 1 N–H and O–H groups in total. The van der Waals surface area contributed by atoms with Gasteiger partial charge in [-0.15, -0.1) is 0 Å². The van der Waals surface area contributed by atoms with Gasteiger partial charge in [0.2, 0.25) is 0 Å². The van der Waals surface area contributed by atoms with Gasteiger partial charge in [-0.05, 0) is 0 Å². The van der Waals surface area contributed by atoms with Crippen molar-refractivity contribution in [1.82, 2.24) is 0 Å². The van der Waals surface area contributed by atoms with Crippen molar-refractivity contribution >= 4 is 22.0 Å². The van der Waals surface area contributed by atoms with E-state index in [9.17, 15) is 0 Å². The van der Waals surface area contributed by atoms with Crippen molar-refractivity contribution in [3.05, 3.63) is 0 Å². The van der Waals surface area contributed by atoms with Crippen LogP contribution in [0.5, 0.6) is 0 Å². The fourth-order valence-corrected chi connectivity index (χ4v) is 0. The molecule has 0 aromatic carbocycles. The third-order valence-electron chi connectivity index (χ3n) is 0. The summed E-state index contributed by atoms with van der Waals surface area (Å²) in [5, 5.41) is 0. The van der Waals surface area contributed by atoms with E-state index < -0.39 is 22.0 Å². The van der Waals surface area contributed by atoms with Gasteiger partial charge in [0.15, 0.2) is 0 Å². The Labute approximate surface area is 38.4 Å². The SMILES string of the molecule is F.F.[O]=[Sb][OH]. The first-order chi connectivity index (χ1) is 1.41. The number of halogens is 2. The molecule has 5 heavy (non-hydrogen) atoms. The zero-order valence-electron chi connectivity index (χ0n) is 2.12. The van der Waals surface area contributed by atoms with E-state index in [1.165, 1.54) is 0 Å². The van der Waals surface area contributed by atoms with E-state index in [1.807, 2.05) is 0 Å². The van der Waals surface area contributed by atoms with Crippen LogP contribution in [0.1, 0.15) is 0 Å². The molecule has 5 heteroatoms. The van der Waals surface area contributed by atoms with E-state index in [0.29, 0.717) is 0 Å². The molecular formula is H3F2O2Sb. The quantitative estimate of drug-likeness (QED) is 0.516. The van der Waals surface area contributed by atoms with Gasteiger partial charge >= 0.3 is 28.4 Å². The minimum atomic E-state index is -1.90. The molecule has 0 aliphatic rings. The summed E-state index contributed by atoms with van der Waals surface area (Å²) in [6.07, 6.45) is 0. The minimum absolute atomic E-state index is 0. The van der Waals surface area contributed by atoms with Crippen molar-refractivity contribution in [1.29, 1.82) is 0 Å². The van der Waals surface area contributed by atoms with Crippen LogP contribution in [0.3, 0.4) is 0 Å². The molecule has 0 spiro atoms. The van der Waals surface area contributed by atoms with Gasteiger partial charge in [0.05, 0.1) is 0 Å². The van der Waals surface area contributed by atoms with Crippen LogP contribution >= 0.6 is 0 Å². The molecule has 0 amide bonds. The second kappa shape index (κ2) is 25.4. The van der Waals surface area contributed by atoms with Crippen molar-refractivity contribution < 1.29 is 15.8 Å². The number of hydrogen-bond donors (Lipinski definition) is 1. The Hall–Kier alpha value is 0.438. The zero-order chi connectivity index (χ0) is 2.71. The monoisotopic (exact) mass is 194 g/mol. The first-order valence-corrected chi connectivity index (χ1v) is 2.57. The summed E-state index contributed by atoms with van der Waals surface area (Å²) in [6.45, 7) is 0. The van der Waals surface area contributed by atoms with Gasteiger partial charge in [0, 0.05) is 0 Å². The Kier molecular flexibility index (Phi) is 91.4. The zero-order valence-corrected chi connectivity index (χ0v) is 4.67. The van der Waals surface area contributed by atoms with E-state index in [0.717, 1.165) is 0 Å². The molecule has 0 rings (SSSR count). The predicted molar refractivity (Wildman–Crippen MR) is 13.7 cm³/mol. The van der Waals surface area contributed by atoms with Gasteiger partial charge in [0.1, 0.15) is 0 Å². The second-order valence-electron chi connectivity index (χ2n) is 0.0816. The van der Waals surface area contributed by atoms with Crippen molar-refractivity contribution in [2.24, 2.45) is 0 Å². The molecule has 0 unspecified atom stereocenters.